The van der Waals surface area contributed by atoms with Crippen molar-refractivity contribution in [2.45, 2.75) is 25.8 Å². The van der Waals surface area contributed by atoms with E-state index in [1.54, 1.807) is 18.0 Å². The lowest BCUT2D eigenvalue weighted by atomic mass is 10.2. The summed E-state index contributed by atoms with van der Waals surface area (Å²) in [6, 6.07) is -0.678. The molecule has 1 aliphatic heterocycles. The molecular formula is C11H15N3O3. The summed E-state index contributed by atoms with van der Waals surface area (Å²) in [6.45, 7) is 2.68. The van der Waals surface area contributed by atoms with Crippen molar-refractivity contribution in [2.24, 2.45) is 0 Å². The molecule has 6 nitrogen and oxygen atoms in total. The number of amides is 1. The summed E-state index contributed by atoms with van der Waals surface area (Å²) in [5, 5.41) is 0. The van der Waals surface area contributed by atoms with Gasteiger partial charge in [0.2, 0.25) is 0 Å². The summed E-state index contributed by atoms with van der Waals surface area (Å²) in [7, 11) is 0. The van der Waals surface area contributed by atoms with Gasteiger partial charge in [-0.1, -0.05) is 0 Å². The normalized spacial score (nSPS) is 19.4. The molecule has 0 radical (unpaired) electrons. The van der Waals surface area contributed by atoms with Crippen LogP contribution in [0.3, 0.4) is 0 Å². The Morgan fingerprint density at radius 1 is 1.53 bits per heavy atom. The fourth-order valence-electron chi connectivity index (χ4n) is 2.00. The second-order valence-corrected chi connectivity index (χ2v) is 3.86. The third-order valence-electron chi connectivity index (χ3n) is 2.78. The average Bonchev–Trinajstić information content (AvgIpc) is 3.00. The Hall–Kier alpha value is -1.85. The van der Waals surface area contributed by atoms with Crippen molar-refractivity contribution in [3.05, 3.63) is 18.7 Å². The van der Waals surface area contributed by atoms with Crippen molar-refractivity contribution >= 4 is 12.0 Å². The van der Waals surface area contributed by atoms with E-state index in [-0.39, 0.29) is 12.0 Å². The first-order valence-corrected chi connectivity index (χ1v) is 5.69. The van der Waals surface area contributed by atoms with Crippen LogP contribution < -0.4 is 0 Å². The Balaban J connectivity index is 2.09. The van der Waals surface area contributed by atoms with Gasteiger partial charge in [0.05, 0.1) is 6.61 Å². The number of hydrogen-bond donors (Lipinski definition) is 0. The number of rotatable bonds is 2. The second kappa shape index (κ2) is 4.99. The van der Waals surface area contributed by atoms with E-state index in [1.807, 2.05) is 0 Å². The van der Waals surface area contributed by atoms with Crippen LogP contribution in [0.5, 0.6) is 0 Å². The maximum absolute atomic E-state index is 12.1. The third-order valence-corrected chi connectivity index (χ3v) is 2.78. The van der Waals surface area contributed by atoms with Gasteiger partial charge in [0, 0.05) is 18.9 Å². The summed E-state index contributed by atoms with van der Waals surface area (Å²) >= 11 is 0. The molecule has 1 aliphatic rings. The van der Waals surface area contributed by atoms with Crippen molar-refractivity contribution in [1.29, 1.82) is 0 Å². The molecule has 0 bridgehead atoms. The van der Waals surface area contributed by atoms with E-state index < -0.39 is 6.04 Å². The van der Waals surface area contributed by atoms with Crippen LogP contribution >= 0.6 is 0 Å². The molecule has 0 spiro atoms. The van der Waals surface area contributed by atoms with E-state index in [9.17, 15) is 9.59 Å². The fraction of sp³-hybridized carbons (Fsp3) is 0.545. The van der Waals surface area contributed by atoms with Gasteiger partial charge >= 0.3 is 12.0 Å². The van der Waals surface area contributed by atoms with Crippen molar-refractivity contribution in [3.8, 4) is 0 Å². The van der Waals surface area contributed by atoms with Crippen molar-refractivity contribution < 1.29 is 14.3 Å². The molecule has 17 heavy (non-hydrogen) atoms. The van der Waals surface area contributed by atoms with E-state index in [4.69, 9.17) is 4.74 Å². The summed E-state index contributed by atoms with van der Waals surface area (Å²) < 4.78 is 6.34. The quantitative estimate of drug-likeness (QED) is 0.716. The van der Waals surface area contributed by atoms with E-state index in [0.717, 1.165) is 6.42 Å². The van der Waals surface area contributed by atoms with E-state index in [0.29, 0.717) is 19.6 Å². The average molecular weight is 237 g/mol. The molecule has 0 aliphatic carbocycles. The van der Waals surface area contributed by atoms with Crippen LogP contribution in [-0.2, 0) is 9.53 Å². The van der Waals surface area contributed by atoms with Crippen LogP contribution in [0.4, 0.5) is 4.79 Å². The fourth-order valence-corrected chi connectivity index (χ4v) is 2.00. The van der Waals surface area contributed by atoms with Gasteiger partial charge in [0.25, 0.3) is 0 Å². The van der Waals surface area contributed by atoms with Crippen molar-refractivity contribution in [3.63, 3.8) is 0 Å². The number of hydrogen-bond acceptors (Lipinski definition) is 4. The van der Waals surface area contributed by atoms with Gasteiger partial charge < -0.3 is 9.64 Å². The van der Waals surface area contributed by atoms with Crippen LogP contribution in [0.25, 0.3) is 0 Å². The number of esters is 1. The van der Waals surface area contributed by atoms with Gasteiger partial charge in [-0.3, -0.25) is 4.57 Å². The molecule has 0 N–H and O–H groups in total. The third kappa shape index (κ3) is 2.30. The summed E-state index contributed by atoms with van der Waals surface area (Å²) in [5.74, 6) is -0.321. The Morgan fingerprint density at radius 2 is 2.35 bits per heavy atom. The predicted molar refractivity (Wildman–Crippen MR) is 59.4 cm³/mol. The summed E-state index contributed by atoms with van der Waals surface area (Å²) in [5.41, 5.74) is 0. The zero-order chi connectivity index (χ0) is 12.3. The minimum absolute atomic E-state index is 0.224. The first-order chi connectivity index (χ1) is 8.24. The molecule has 0 aromatic carbocycles. The minimum atomic E-state index is -0.454. The molecular weight excluding hydrogens is 222 g/mol. The smallest absolute Gasteiger partial charge is 0.330 e. The van der Waals surface area contributed by atoms with Crippen LogP contribution in [0.1, 0.15) is 19.8 Å². The molecule has 92 valence electrons. The molecule has 1 unspecified atom stereocenters. The largest absolute Gasteiger partial charge is 0.464 e. The highest BCUT2D eigenvalue weighted by molar-refractivity contribution is 5.85. The minimum Gasteiger partial charge on any atom is -0.464 e. The maximum atomic E-state index is 12.1. The zero-order valence-electron chi connectivity index (χ0n) is 9.70. The first kappa shape index (κ1) is 11.6. The van der Waals surface area contributed by atoms with Gasteiger partial charge in [-0.05, 0) is 19.8 Å². The number of aromatic nitrogens is 2. The van der Waals surface area contributed by atoms with E-state index in [2.05, 4.69) is 4.98 Å². The van der Waals surface area contributed by atoms with E-state index >= 15 is 0 Å². The Labute approximate surface area is 99.2 Å². The molecule has 1 fully saturated rings. The molecule has 1 aromatic heterocycles. The number of ether oxygens (including phenoxy) is 1. The Kier molecular flexibility index (Phi) is 3.41. The van der Waals surface area contributed by atoms with Gasteiger partial charge in [0.15, 0.2) is 0 Å². The molecule has 1 amide bonds. The first-order valence-electron chi connectivity index (χ1n) is 5.69. The lowest BCUT2D eigenvalue weighted by molar-refractivity contribution is -0.147. The van der Waals surface area contributed by atoms with Gasteiger partial charge in [-0.2, -0.15) is 0 Å². The number of imidazole rings is 1. The number of nitrogens with zero attached hydrogens (tertiary/aromatic N) is 3. The number of likely N-dealkylation sites (tertiary alicyclic amines) is 1. The molecule has 1 saturated heterocycles. The van der Waals surface area contributed by atoms with Gasteiger partial charge in [0.1, 0.15) is 12.4 Å². The van der Waals surface area contributed by atoms with Crippen LogP contribution in [-0.4, -0.2) is 45.6 Å². The highest BCUT2D eigenvalue weighted by Crippen LogP contribution is 2.19. The number of carbonyl (C=O) groups excluding carboxylic acids is 2. The van der Waals surface area contributed by atoms with Crippen LogP contribution in [0, 0.1) is 0 Å². The predicted octanol–water partition coefficient (Wildman–Crippen LogP) is 0.879. The van der Waals surface area contributed by atoms with Crippen LogP contribution in [0.15, 0.2) is 18.7 Å². The molecule has 2 rings (SSSR count). The topological polar surface area (TPSA) is 64.4 Å². The standard InChI is InChI=1S/C11H15N3O3/c1-2-17-10(15)9-4-3-6-14(9)11(16)13-7-5-12-8-13/h5,7-9H,2-4,6H2,1H3. The highest BCUT2D eigenvalue weighted by Gasteiger charge is 2.35. The molecule has 2 heterocycles. The number of carbonyl (C=O) groups is 2. The zero-order valence-corrected chi connectivity index (χ0v) is 9.70. The van der Waals surface area contributed by atoms with Crippen molar-refractivity contribution in [1.82, 2.24) is 14.5 Å². The monoisotopic (exact) mass is 237 g/mol. The molecule has 0 saturated carbocycles. The summed E-state index contributed by atoms with van der Waals surface area (Å²) in [6.07, 6.45) is 6.03. The second-order valence-electron chi connectivity index (χ2n) is 3.86. The van der Waals surface area contributed by atoms with Gasteiger partial charge in [-0.25, -0.2) is 14.6 Å². The van der Waals surface area contributed by atoms with Gasteiger partial charge in [-0.15, -0.1) is 0 Å². The summed E-state index contributed by atoms with van der Waals surface area (Å²) in [4.78, 5) is 29.1. The van der Waals surface area contributed by atoms with Crippen LogP contribution in [0.2, 0.25) is 0 Å². The lowest BCUT2D eigenvalue weighted by Crippen LogP contribution is -2.43. The molecule has 1 atom stereocenters. The van der Waals surface area contributed by atoms with E-state index in [1.165, 1.54) is 17.1 Å². The molecule has 6 heteroatoms. The lowest BCUT2D eigenvalue weighted by Gasteiger charge is -2.22. The Bertz CT molecular complexity index is 402. The Morgan fingerprint density at radius 3 is 3.00 bits per heavy atom. The maximum Gasteiger partial charge on any atom is 0.330 e. The molecule has 1 aromatic rings. The van der Waals surface area contributed by atoms with Crippen molar-refractivity contribution in [2.75, 3.05) is 13.2 Å². The highest BCUT2D eigenvalue weighted by atomic mass is 16.5. The SMILES string of the molecule is CCOC(=O)C1CCCN1C(=O)n1ccnc1.